The van der Waals surface area contributed by atoms with Gasteiger partial charge in [-0.2, -0.15) is 0 Å². The highest BCUT2D eigenvalue weighted by Gasteiger charge is 2.25. The van der Waals surface area contributed by atoms with Crippen LogP contribution in [-0.2, 0) is 9.84 Å². The molecule has 0 fully saturated rings. The third kappa shape index (κ3) is 2.56. The molecule has 0 amide bonds. The Hall–Kier alpha value is -0.900. The van der Waals surface area contributed by atoms with Crippen LogP contribution in [0.3, 0.4) is 0 Å². The van der Waals surface area contributed by atoms with Crippen molar-refractivity contribution in [2.24, 2.45) is 5.92 Å². The van der Waals surface area contributed by atoms with Crippen molar-refractivity contribution in [1.29, 1.82) is 0 Å². The third-order valence-electron chi connectivity index (χ3n) is 2.55. The Kier molecular flexibility index (Phi) is 3.50. The van der Waals surface area contributed by atoms with Crippen molar-refractivity contribution in [1.82, 2.24) is 0 Å². The highest BCUT2D eigenvalue weighted by molar-refractivity contribution is 7.92. The normalized spacial score (nSPS) is 14.2. The fourth-order valence-corrected chi connectivity index (χ4v) is 2.91. The molecule has 15 heavy (non-hydrogen) atoms. The molecule has 1 unspecified atom stereocenters. The van der Waals surface area contributed by atoms with E-state index in [1.165, 1.54) is 18.2 Å². The molecule has 0 aliphatic heterocycles. The Bertz CT molecular complexity index is 438. The van der Waals surface area contributed by atoms with Gasteiger partial charge in [-0.15, -0.1) is 0 Å². The predicted molar refractivity (Wildman–Crippen MR) is 57.9 cm³/mol. The van der Waals surface area contributed by atoms with Gasteiger partial charge in [-0.25, -0.2) is 12.8 Å². The van der Waals surface area contributed by atoms with E-state index in [-0.39, 0.29) is 10.8 Å². The number of sulfone groups is 1. The molecule has 0 aliphatic carbocycles. The van der Waals surface area contributed by atoms with Crippen LogP contribution in [0.2, 0.25) is 0 Å². The van der Waals surface area contributed by atoms with Crippen molar-refractivity contribution < 1.29 is 12.8 Å². The Morgan fingerprint density at radius 1 is 1.20 bits per heavy atom. The number of benzene rings is 1. The molecule has 1 aromatic rings. The zero-order valence-electron chi connectivity index (χ0n) is 9.07. The minimum absolute atomic E-state index is 0.0123. The van der Waals surface area contributed by atoms with Crippen LogP contribution in [0.25, 0.3) is 0 Å². The fourth-order valence-electron chi connectivity index (χ4n) is 1.22. The average Bonchev–Trinajstić information content (AvgIpc) is 2.16. The van der Waals surface area contributed by atoms with Gasteiger partial charge in [0.25, 0.3) is 0 Å². The predicted octanol–water partition coefficient (Wildman–Crippen LogP) is 2.64. The molecule has 0 spiro atoms. The van der Waals surface area contributed by atoms with E-state index in [1.807, 2.05) is 13.8 Å². The van der Waals surface area contributed by atoms with E-state index in [0.717, 1.165) is 6.07 Å². The zero-order valence-corrected chi connectivity index (χ0v) is 9.88. The van der Waals surface area contributed by atoms with Crippen LogP contribution in [0.15, 0.2) is 29.2 Å². The lowest BCUT2D eigenvalue weighted by atomic mass is 10.2. The van der Waals surface area contributed by atoms with E-state index in [4.69, 9.17) is 0 Å². The number of halogens is 1. The van der Waals surface area contributed by atoms with Crippen molar-refractivity contribution in [3.63, 3.8) is 0 Å². The van der Waals surface area contributed by atoms with E-state index in [9.17, 15) is 12.8 Å². The van der Waals surface area contributed by atoms with Crippen molar-refractivity contribution in [2.75, 3.05) is 0 Å². The van der Waals surface area contributed by atoms with Gasteiger partial charge in [0.1, 0.15) is 5.82 Å². The lowest BCUT2D eigenvalue weighted by Crippen LogP contribution is -2.23. The molecule has 4 heteroatoms. The first-order chi connectivity index (χ1) is 6.85. The first-order valence-corrected chi connectivity index (χ1v) is 6.40. The molecule has 0 aromatic heterocycles. The van der Waals surface area contributed by atoms with Crippen LogP contribution in [0, 0.1) is 11.7 Å². The first kappa shape index (κ1) is 12.2. The topological polar surface area (TPSA) is 34.1 Å². The summed E-state index contributed by atoms with van der Waals surface area (Å²) in [6.45, 7) is 5.31. The summed E-state index contributed by atoms with van der Waals surface area (Å²) < 4.78 is 36.8. The van der Waals surface area contributed by atoms with Crippen LogP contribution in [0.4, 0.5) is 4.39 Å². The van der Waals surface area contributed by atoms with E-state index >= 15 is 0 Å². The van der Waals surface area contributed by atoms with Gasteiger partial charge in [-0.1, -0.05) is 19.9 Å². The van der Waals surface area contributed by atoms with Gasteiger partial charge in [-0.3, -0.25) is 0 Å². The second kappa shape index (κ2) is 4.31. The van der Waals surface area contributed by atoms with Gasteiger partial charge in [0, 0.05) is 0 Å². The van der Waals surface area contributed by atoms with Crippen LogP contribution in [-0.4, -0.2) is 13.7 Å². The van der Waals surface area contributed by atoms with E-state index in [1.54, 1.807) is 6.92 Å². The standard InChI is InChI=1S/C11H15FO2S/c1-8(2)9(3)15(13,14)11-6-4-5-10(12)7-11/h4-9H,1-3H3. The number of hydrogen-bond donors (Lipinski definition) is 0. The maximum atomic E-state index is 12.9. The second-order valence-electron chi connectivity index (χ2n) is 3.95. The quantitative estimate of drug-likeness (QED) is 0.800. The average molecular weight is 230 g/mol. The van der Waals surface area contributed by atoms with Gasteiger partial charge in [0.05, 0.1) is 10.1 Å². The Labute approximate surface area is 90.0 Å². The molecule has 0 radical (unpaired) electrons. The highest BCUT2D eigenvalue weighted by Crippen LogP contribution is 2.21. The first-order valence-electron chi connectivity index (χ1n) is 4.85. The van der Waals surface area contributed by atoms with Crippen LogP contribution in [0.1, 0.15) is 20.8 Å². The van der Waals surface area contributed by atoms with Gasteiger partial charge in [0.2, 0.25) is 0 Å². The lowest BCUT2D eigenvalue weighted by Gasteiger charge is -2.16. The summed E-state index contributed by atoms with van der Waals surface area (Å²) in [5.74, 6) is -0.509. The third-order valence-corrected chi connectivity index (χ3v) is 4.99. The van der Waals surface area contributed by atoms with E-state index in [2.05, 4.69) is 0 Å². The summed E-state index contributed by atoms with van der Waals surface area (Å²) in [5, 5.41) is -0.501. The van der Waals surface area contributed by atoms with Gasteiger partial charge in [-0.05, 0) is 31.0 Å². The van der Waals surface area contributed by atoms with Crippen molar-refractivity contribution >= 4 is 9.84 Å². The summed E-state index contributed by atoms with van der Waals surface area (Å²) in [5.41, 5.74) is 0. The molecule has 2 nitrogen and oxygen atoms in total. The van der Waals surface area contributed by atoms with Gasteiger partial charge in [0.15, 0.2) is 9.84 Å². The molecule has 84 valence electrons. The SMILES string of the molecule is CC(C)C(C)S(=O)(=O)c1cccc(F)c1. The summed E-state index contributed by atoms with van der Waals surface area (Å²) in [4.78, 5) is 0.0590. The summed E-state index contributed by atoms with van der Waals surface area (Å²) >= 11 is 0. The van der Waals surface area contributed by atoms with E-state index in [0.29, 0.717) is 0 Å². The maximum Gasteiger partial charge on any atom is 0.181 e. The molecule has 0 saturated heterocycles. The number of hydrogen-bond acceptors (Lipinski definition) is 2. The molecule has 1 aromatic carbocycles. The molecular weight excluding hydrogens is 215 g/mol. The summed E-state index contributed by atoms with van der Waals surface area (Å²) in [6, 6.07) is 5.14. The largest absolute Gasteiger partial charge is 0.223 e. The molecular formula is C11H15FO2S. The monoisotopic (exact) mass is 230 g/mol. The van der Waals surface area contributed by atoms with Crippen LogP contribution >= 0.6 is 0 Å². The highest BCUT2D eigenvalue weighted by atomic mass is 32.2. The van der Waals surface area contributed by atoms with Crippen molar-refractivity contribution in [2.45, 2.75) is 30.9 Å². The van der Waals surface area contributed by atoms with Gasteiger partial charge >= 0.3 is 0 Å². The minimum atomic E-state index is -3.40. The van der Waals surface area contributed by atoms with Crippen LogP contribution in [0.5, 0.6) is 0 Å². The van der Waals surface area contributed by atoms with Crippen molar-refractivity contribution in [3.05, 3.63) is 30.1 Å². The lowest BCUT2D eigenvalue weighted by molar-refractivity contribution is 0.544. The maximum absolute atomic E-state index is 12.9. The molecule has 0 bridgehead atoms. The smallest absolute Gasteiger partial charge is 0.181 e. The second-order valence-corrected chi connectivity index (χ2v) is 6.26. The molecule has 1 atom stereocenters. The Balaban J connectivity index is 3.17. The molecule has 0 saturated carbocycles. The summed E-state index contributed by atoms with van der Waals surface area (Å²) in [6.07, 6.45) is 0. The van der Waals surface area contributed by atoms with E-state index < -0.39 is 20.9 Å². The number of rotatable bonds is 3. The van der Waals surface area contributed by atoms with Crippen molar-refractivity contribution in [3.8, 4) is 0 Å². The molecule has 0 aliphatic rings. The van der Waals surface area contributed by atoms with Crippen LogP contribution < -0.4 is 0 Å². The Morgan fingerprint density at radius 2 is 1.80 bits per heavy atom. The molecule has 0 heterocycles. The summed E-state index contributed by atoms with van der Waals surface area (Å²) in [7, 11) is -3.40. The van der Waals surface area contributed by atoms with Gasteiger partial charge < -0.3 is 0 Å². The minimum Gasteiger partial charge on any atom is -0.223 e. The molecule has 0 N–H and O–H groups in total. The Morgan fingerprint density at radius 3 is 2.27 bits per heavy atom. The zero-order chi connectivity index (χ0) is 11.6. The fraction of sp³-hybridized carbons (Fsp3) is 0.455. The molecule has 1 rings (SSSR count).